The molecule has 0 bridgehead atoms. The van der Waals surface area contributed by atoms with Gasteiger partial charge in [-0.05, 0) is 74.0 Å². The summed E-state index contributed by atoms with van der Waals surface area (Å²) in [5, 5.41) is 13.5. The maximum absolute atomic E-state index is 12.9. The van der Waals surface area contributed by atoms with E-state index in [1.54, 1.807) is 0 Å². The Labute approximate surface area is 223 Å². The molecule has 2 aromatic rings. The van der Waals surface area contributed by atoms with Crippen molar-refractivity contribution in [1.29, 1.82) is 0 Å². The number of carbonyl (C=O) groups excluding carboxylic acids is 1. The van der Waals surface area contributed by atoms with E-state index < -0.39 is 28.6 Å². The van der Waals surface area contributed by atoms with E-state index in [2.05, 4.69) is 28.4 Å². The molecule has 1 saturated heterocycles. The predicted molar refractivity (Wildman–Crippen MR) is 142 cm³/mol. The SMILES string of the molecule is CN(CC(O)C(=O)N[C@@H]1CCCc2cc(CN3CCCCC3)ccc21)S(=O)(=O)c1cccc(Cl)c1Cl. The molecule has 2 N–H and O–H groups in total. The number of nitrogens with one attached hydrogen (secondary N) is 1. The van der Waals surface area contributed by atoms with Gasteiger partial charge < -0.3 is 10.4 Å². The zero-order valence-electron chi connectivity index (χ0n) is 20.4. The molecule has 4 rings (SSSR count). The van der Waals surface area contributed by atoms with Crippen LogP contribution in [-0.4, -0.2) is 61.4 Å². The predicted octanol–water partition coefficient (Wildman–Crippen LogP) is 4.15. The number of hydrogen-bond acceptors (Lipinski definition) is 5. The molecular formula is C26H33Cl2N3O4S. The Morgan fingerprint density at radius 1 is 1.17 bits per heavy atom. The number of likely N-dealkylation sites (tertiary alicyclic amines) is 1. The summed E-state index contributed by atoms with van der Waals surface area (Å²) in [4.78, 5) is 15.2. The normalized spacial score (nSPS) is 19.6. The van der Waals surface area contributed by atoms with Crippen LogP contribution in [0.5, 0.6) is 0 Å². The van der Waals surface area contributed by atoms with E-state index in [0.717, 1.165) is 48.8 Å². The van der Waals surface area contributed by atoms with Crippen molar-refractivity contribution in [2.45, 2.75) is 62.1 Å². The number of rotatable bonds is 8. The minimum atomic E-state index is -4.05. The van der Waals surface area contributed by atoms with Gasteiger partial charge in [0, 0.05) is 20.1 Å². The molecule has 1 unspecified atom stereocenters. The third kappa shape index (κ3) is 6.23. The molecule has 1 aliphatic carbocycles. The second-order valence-electron chi connectivity index (χ2n) is 9.68. The molecule has 2 aliphatic rings. The fraction of sp³-hybridized carbons (Fsp3) is 0.500. The van der Waals surface area contributed by atoms with Gasteiger partial charge in [0.25, 0.3) is 5.91 Å². The van der Waals surface area contributed by atoms with Gasteiger partial charge in [0.2, 0.25) is 10.0 Å². The molecule has 1 amide bonds. The van der Waals surface area contributed by atoms with Gasteiger partial charge in [-0.15, -0.1) is 0 Å². The van der Waals surface area contributed by atoms with Crippen molar-refractivity contribution in [1.82, 2.24) is 14.5 Å². The smallest absolute Gasteiger partial charge is 0.250 e. The second-order valence-corrected chi connectivity index (χ2v) is 12.5. The van der Waals surface area contributed by atoms with E-state index in [-0.39, 0.29) is 21.0 Å². The average Bonchev–Trinajstić information content (AvgIpc) is 2.86. The van der Waals surface area contributed by atoms with Crippen LogP contribution in [0, 0.1) is 0 Å². The van der Waals surface area contributed by atoms with E-state index in [1.165, 1.54) is 55.6 Å². The van der Waals surface area contributed by atoms with Crippen molar-refractivity contribution in [2.75, 3.05) is 26.7 Å². The van der Waals surface area contributed by atoms with Gasteiger partial charge in [0.05, 0.1) is 16.1 Å². The number of aryl methyl sites for hydroxylation is 1. The molecule has 196 valence electrons. The monoisotopic (exact) mass is 553 g/mol. The number of likely N-dealkylation sites (N-methyl/N-ethyl adjacent to an activating group) is 1. The highest BCUT2D eigenvalue weighted by Gasteiger charge is 2.30. The molecule has 0 radical (unpaired) electrons. The average molecular weight is 555 g/mol. The number of aliphatic hydroxyl groups is 1. The summed E-state index contributed by atoms with van der Waals surface area (Å²) >= 11 is 12.0. The molecule has 2 aromatic carbocycles. The fourth-order valence-electron chi connectivity index (χ4n) is 5.04. The number of hydrogen-bond donors (Lipinski definition) is 2. The summed E-state index contributed by atoms with van der Waals surface area (Å²) in [6, 6.07) is 10.6. The number of amides is 1. The lowest BCUT2D eigenvalue weighted by atomic mass is 9.86. The molecule has 0 saturated carbocycles. The molecule has 0 aromatic heterocycles. The summed E-state index contributed by atoms with van der Waals surface area (Å²) in [6.07, 6.45) is 4.94. The first kappa shape index (κ1) is 27.4. The van der Waals surface area contributed by atoms with Gasteiger partial charge in [0.1, 0.15) is 11.0 Å². The Bertz CT molecular complexity index is 1200. The van der Waals surface area contributed by atoms with Crippen LogP contribution in [-0.2, 0) is 27.8 Å². The Balaban J connectivity index is 1.39. The topological polar surface area (TPSA) is 89.9 Å². The lowest BCUT2D eigenvalue weighted by molar-refractivity contribution is -0.130. The summed E-state index contributed by atoms with van der Waals surface area (Å²) in [7, 11) is -2.75. The van der Waals surface area contributed by atoms with Crippen molar-refractivity contribution in [2.24, 2.45) is 0 Å². The van der Waals surface area contributed by atoms with E-state index in [9.17, 15) is 18.3 Å². The molecule has 1 heterocycles. The molecule has 0 spiro atoms. The summed E-state index contributed by atoms with van der Waals surface area (Å²) in [6.45, 7) is 2.81. The van der Waals surface area contributed by atoms with Gasteiger partial charge >= 0.3 is 0 Å². The second kappa shape index (κ2) is 11.8. The van der Waals surface area contributed by atoms with E-state index in [0.29, 0.717) is 0 Å². The largest absolute Gasteiger partial charge is 0.382 e. The van der Waals surface area contributed by atoms with Crippen molar-refractivity contribution in [3.05, 3.63) is 63.1 Å². The van der Waals surface area contributed by atoms with Gasteiger partial charge in [-0.25, -0.2) is 8.42 Å². The number of fused-ring (bicyclic) bond motifs is 1. The number of nitrogens with zero attached hydrogens (tertiary/aromatic N) is 2. The minimum absolute atomic E-state index is 0.0940. The van der Waals surface area contributed by atoms with Crippen molar-refractivity contribution < 1.29 is 18.3 Å². The molecule has 10 heteroatoms. The van der Waals surface area contributed by atoms with Crippen LogP contribution in [0.3, 0.4) is 0 Å². The number of piperidine rings is 1. The fourth-order valence-corrected chi connectivity index (χ4v) is 6.94. The quantitative estimate of drug-likeness (QED) is 0.512. The number of aliphatic hydroxyl groups excluding tert-OH is 1. The van der Waals surface area contributed by atoms with Crippen LogP contribution in [0.25, 0.3) is 0 Å². The lowest BCUT2D eigenvalue weighted by Crippen LogP contribution is -2.45. The van der Waals surface area contributed by atoms with E-state index in [4.69, 9.17) is 23.2 Å². The summed E-state index contributed by atoms with van der Waals surface area (Å²) in [5.74, 6) is -0.607. The molecular weight excluding hydrogens is 521 g/mol. The van der Waals surface area contributed by atoms with Crippen molar-refractivity contribution in [3.63, 3.8) is 0 Å². The molecule has 2 atom stereocenters. The summed E-state index contributed by atoms with van der Waals surface area (Å²) in [5.41, 5.74) is 3.58. The lowest BCUT2D eigenvalue weighted by Gasteiger charge is -2.30. The minimum Gasteiger partial charge on any atom is -0.382 e. The first-order valence-electron chi connectivity index (χ1n) is 12.4. The molecule has 1 aliphatic heterocycles. The number of sulfonamides is 1. The zero-order valence-corrected chi connectivity index (χ0v) is 22.7. The molecule has 1 fully saturated rings. The van der Waals surface area contributed by atoms with Crippen LogP contribution in [0.4, 0.5) is 0 Å². The first-order chi connectivity index (χ1) is 17.2. The third-order valence-corrected chi connectivity index (χ3v) is 9.83. The molecule has 7 nitrogen and oxygen atoms in total. The first-order valence-corrected chi connectivity index (χ1v) is 14.6. The Morgan fingerprint density at radius 3 is 2.67 bits per heavy atom. The van der Waals surface area contributed by atoms with Gasteiger partial charge in [-0.2, -0.15) is 4.31 Å². The standard InChI is InChI=1S/C26H33Cl2N3O4S/c1-30(36(34,35)24-10-6-8-21(27)25(24)28)17-23(32)26(33)29-22-9-5-7-19-15-18(11-12-20(19)22)16-31-13-3-2-4-14-31/h6,8,10-12,15,22-23,32H,2-5,7,9,13-14,16-17H2,1H3,(H,29,33)/t22-,23?/m1/s1. The zero-order chi connectivity index (χ0) is 25.9. The summed E-state index contributed by atoms with van der Waals surface area (Å²) < 4.78 is 26.8. The maximum Gasteiger partial charge on any atom is 0.250 e. The van der Waals surface area contributed by atoms with Crippen LogP contribution >= 0.6 is 23.2 Å². The highest BCUT2D eigenvalue weighted by atomic mass is 35.5. The number of benzene rings is 2. The van der Waals surface area contributed by atoms with Gasteiger partial charge in [-0.3, -0.25) is 9.69 Å². The van der Waals surface area contributed by atoms with Crippen LogP contribution in [0.15, 0.2) is 41.3 Å². The van der Waals surface area contributed by atoms with Crippen molar-refractivity contribution in [3.8, 4) is 0 Å². The van der Waals surface area contributed by atoms with E-state index in [1.807, 2.05) is 0 Å². The van der Waals surface area contributed by atoms with E-state index >= 15 is 0 Å². The Hall–Kier alpha value is -1.68. The third-order valence-electron chi connectivity index (χ3n) is 7.03. The van der Waals surface area contributed by atoms with Gasteiger partial charge in [-0.1, -0.05) is 53.9 Å². The Kier molecular flexibility index (Phi) is 8.96. The number of halogens is 2. The van der Waals surface area contributed by atoms with Crippen LogP contribution in [0.1, 0.15) is 54.8 Å². The van der Waals surface area contributed by atoms with Gasteiger partial charge in [0.15, 0.2) is 0 Å². The van der Waals surface area contributed by atoms with Crippen LogP contribution < -0.4 is 5.32 Å². The Morgan fingerprint density at radius 2 is 1.92 bits per heavy atom. The molecule has 36 heavy (non-hydrogen) atoms. The highest BCUT2D eigenvalue weighted by Crippen LogP contribution is 2.32. The van der Waals surface area contributed by atoms with Crippen LogP contribution in [0.2, 0.25) is 10.0 Å². The maximum atomic E-state index is 12.9. The highest BCUT2D eigenvalue weighted by molar-refractivity contribution is 7.89. The van der Waals surface area contributed by atoms with Crippen molar-refractivity contribution >= 4 is 39.1 Å². The number of carbonyl (C=O) groups is 1.